The molecule has 0 radical (unpaired) electrons. The number of H-pyrrole nitrogens is 1. The number of aromatic amines is 1. The quantitative estimate of drug-likeness (QED) is 0.558. The van der Waals surface area contributed by atoms with Gasteiger partial charge in [0.05, 0.1) is 10.9 Å². The topological polar surface area (TPSA) is 77.4 Å². The summed E-state index contributed by atoms with van der Waals surface area (Å²) in [7, 11) is 0. The van der Waals surface area contributed by atoms with E-state index in [0.29, 0.717) is 16.5 Å². The van der Waals surface area contributed by atoms with Gasteiger partial charge in [-0.15, -0.1) is 0 Å². The molecule has 0 saturated heterocycles. The van der Waals surface area contributed by atoms with E-state index in [1.165, 1.54) is 0 Å². The molecule has 1 aliphatic heterocycles. The average molecular weight is 359 g/mol. The Morgan fingerprint density at radius 1 is 1.32 bits per heavy atom. The second-order valence-electron chi connectivity index (χ2n) is 6.01. The van der Waals surface area contributed by atoms with Gasteiger partial charge in [-0.25, -0.2) is 0 Å². The average Bonchev–Trinajstić information content (AvgIpc) is 3.16. The first-order chi connectivity index (χ1) is 12.0. The third-order valence-corrected chi connectivity index (χ3v) is 4.76. The third-order valence-electron chi connectivity index (χ3n) is 4.48. The second-order valence-corrected chi connectivity index (χ2v) is 6.42. The van der Waals surface area contributed by atoms with Gasteiger partial charge in [-0.05, 0) is 36.2 Å². The molecular formula is C18H15ClN2O4. The van der Waals surface area contributed by atoms with Gasteiger partial charge in [0, 0.05) is 21.5 Å². The Bertz CT molecular complexity index is 983. The fourth-order valence-electron chi connectivity index (χ4n) is 3.45. The van der Waals surface area contributed by atoms with Crippen molar-refractivity contribution in [1.82, 2.24) is 4.98 Å². The van der Waals surface area contributed by atoms with Gasteiger partial charge in [0.2, 0.25) is 13.3 Å². The van der Waals surface area contributed by atoms with E-state index in [-0.39, 0.29) is 18.3 Å². The van der Waals surface area contributed by atoms with E-state index >= 15 is 0 Å². The van der Waals surface area contributed by atoms with Gasteiger partial charge in [-0.3, -0.25) is 10.1 Å². The highest BCUT2D eigenvalue weighted by atomic mass is 35.5. The van der Waals surface area contributed by atoms with Gasteiger partial charge in [-0.1, -0.05) is 29.8 Å². The van der Waals surface area contributed by atoms with E-state index < -0.39 is 5.92 Å². The molecule has 0 amide bonds. The summed E-state index contributed by atoms with van der Waals surface area (Å²) in [6.07, 6.45) is 0. The SMILES string of the molecule is Cc1[nH]c2ccccc2c1C(C[N+](=O)[O-])c1cc(Cl)c2c(c1)OCO2. The van der Waals surface area contributed by atoms with E-state index in [2.05, 4.69) is 4.98 Å². The standard InChI is InChI=1S/C18H15ClN2O4/c1-10-17(12-4-2-3-5-15(12)20-10)13(8-21(22)23)11-6-14(19)18-16(7-11)24-9-25-18/h2-7,13,20H,8-9H2,1H3. The van der Waals surface area contributed by atoms with Crippen LogP contribution in [0.4, 0.5) is 0 Å². The molecule has 25 heavy (non-hydrogen) atoms. The molecule has 3 aromatic rings. The molecule has 1 aromatic heterocycles. The first kappa shape index (κ1) is 15.8. The van der Waals surface area contributed by atoms with Crippen molar-refractivity contribution in [1.29, 1.82) is 0 Å². The fourth-order valence-corrected chi connectivity index (χ4v) is 3.72. The smallest absolute Gasteiger partial charge is 0.231 e. The number of nitro groups is 1. The number of nitrogens with zero attached hydrogens (tertiary/aromatic N) is 1. The summed E-state index contributed by atoms with van der Waals surface area (Å²) in [5, 5.41) is 12.7. The van der Waals surface area contributed by atoms with Crippen LogP contribution < -0.4 is 9.47 Å². The molecular weight excluding hydrogens is 344 g/mol. The van der Waals surface area contributed by atoms with Crippen LogP contribution in [0, 0.1) is 17.0 Å². The molecule has 0 saturated carbocycles. The lowest BCUT2D eigenvalue weighted by molar-refractivity contribution is -0.481. The van der Waals surface area contributed by atoms with Crippen molar-refractivity contribution in [3.8, 4) is 11.5 Å². The van der Waals surface area contributed by atoms with Crippen LogP contribution in [-0.2, 0) is 0 Å². The van der Waals surface area contributed by atoms with Crippen molar-refractivity contribution >= 4 is 22.5 Å². The van der Waals surface area contributed by atoms with Crippen LogP contribution in [0.2, 0.25) is 5.02 Å². The van der Waals surface area contributed by atoms with Crippen molar-refractivity contribution in [2.24, 2.45) is 0 Å². The molecule has 1 atom stereocenters. The third kappa shape index (κ3) is 2.68. The minimum absolute atomic E-state index is 0.102. The highest BCUT2D eigenvalue weighted by molar-refractivity contribution is 6.32. The predicted molar refractivity (Wildman–Crippen MR) is 94.3 cm³/mol. The summed E-state index contributed by atoms with van der Waals surface area (Å²) in [6, 6.07) is 11.3. The maximum atomic E-state index is 11.4. The van der Waals surface area contributed by atoms with Crippen LogP contribution in [-0.4, -0.2) is 23.2 Å². The number of aromatic nitrogens is 1. The van der Waals surface area contributed by atoms with Crippen molar-refractivity contribution in [3.63, 3.8) is 0 Å². The molecule has 2 aromatic carbocycles. The van der Waals surface area contributed by atoms with Gasteiger partial charge in [-0.2, -0.15) is 0 Å². The fraction of sp³-hybridized carbons (Fsp3) is 0.222. The van der Waals surface area contributed by atoms with Crippen molar-refractivity contribution in [2.75, 3.05) is 13.3 Å². The lowest BCUT2D eigenvalue weighted by Gasteiger charge is -2.16. The second kappa shape index (κ2) is 5.97. The molecule has 0 spiro atoms. The Morgan fingerprint density at radius 3 is 2.92 bits per heavy atom. The summed E-state index contributed by atoms with van der Waals surface area (Å²) in [5.74, 6) is 0.562. The number of rotatable bonds is 4. The highest BCUT2D eigenvalue weighted by Crippen LogP contribution is 2.43. The molecule has 1 unspecified atom stereocenters. The number of para-hydroxylation sites is 1. The molecule has 4 rings (SSSR count). The van der Waals surface area contributed by atoms with Crippen molar-refractivity contribution in [3.05, 3.63) is 68.4 Å². The Morgan fingerprint density at radius 2 is 2.12 bits per heavy atom. The molecule has 7 heteroatoms. The minimum Gasteiger partial charge on any atom is -0.454 e. The van der Waals surface area contributed by atoms with E-state index in [9.17, 15) is 10.1 Å². The first-order valence-corrected chi connectivity index (χ1v) is 8.20. The maximum absolute atomic E-state index is 11.4. The van der Waals surface area contributed by atoms with Crippen LogP contribution in [0.1, 0.15) is 22.7 Å². The Hall–Kier alpha value is -2.73. The number of hydrogen-bond donors (Lipinski definition) is 1. The summed E-state index contributed by atoms with van der Waals surface area (Å²) >= 11 is 6.29. The van der Waals surface area contributed by atoms with Crippen LogP contribution in [0.3, 0.4) is 0 Å². The summed E-state index contributed by atoms with van der Waals surface area (Å²) in [6.45, 7) is 1.79. The Balaban J connectivity index is 1.91. The van der Waals surface area contributed by atoms with Gasteiger partial charge in [0.15, 0.2) is 11.5 Å². The van der Waals surface area contributed by atoms with Crippen molar-refractivity contribution in [2.45, 2.75) is 12.8 Å². The maximum Gasteiger partial charge on any atom is 0.231 e. The number of fused-ring (bicyclic) bond motifs is 2. The Kier molecular flexibility index (Phi) is 3.77. The molecule has 128 valence electrons. The van der Waals surface area contributed by atoms with E-state index in [1.54, 1.807) is 12.1 Å². The summed E-state index contributed by atoms with van der Waals surface area (Å²) < 4.78 is 10.8. The van der Waals surface area contributed by atoms with Gasteiger partial charge >= 0.3 is 0 Å². The first-order valence-electron chi connectivity index (χ1n) is 7.82. The zero-order valence-corrected chi connectivity index (χ0v) is 14.2. The number of ether oxygens (including phenoxy) is 2. The molecule has 6 nitrogen and oxygen atoms in total. The minimum atomic E-state index is -0.446. The molecule has 0 bridgehead atoms. The van der Waals surface area contributed by atoms with Crippen molar-refractivity contribution < 1.29 is 14.4 Å². The molecule has 0 aliphatic carbocycles. The molecule has 0 fully saturated rings. The zero-order chi connectivity index (χ0) is 17.6. The van der Waals surface area contributed by atoms with Crippen LogP contribution in [0.15, 0.2) is 36.4 Å². The van der Waals surface area contributed by atoms with E-state index in [0.717, 1.165) is 27.7 Å². The van der Waals surface area contributed by atoms with Gasteiger partial charge < -0.3 is 14.5 Å². The summed E-state index contributed by atoms with van der Waals surface area (Å²) in [4.78, 5) is 14.4. The lowest BCUT2D eigenvalue weighted by Crippen LogP contribution is -2.14. The van der Waals surface area contributed by atoms with Crippen LogP contribution in [0.25, 0.3) is 10.9 Å². The monoisotopic (exact) mass is 358 g/mol. The molecule has 2 heterocycles. The lowest BCUT2D eigenvalue weighted by atomic mass is 9.89. The number of nitrogens with one attached hydrogen (secondary N) is 1. The highest BCUT2D eigenvalue weighted by Gasteiger charge is 2.28. The van der Waals surface area contributed by atoms with Crippen LogP contribution >= 0.6 is 11.6 Å². The van der Waals surface area contributed by atoms with E-state index in [4.69, 9.17) is 21.1 Å². The number of benzene rings is 2. The summed E-state index contributed by atoms with van der Waals surface area (Å²) in [5.41, 5.74) is 3.50. The predicted octanol–water partition coefficient (Wildman–Crippen LogP) is 4.27. The number of hydrogen-bond acceptors (Lipinski definition) is 4. The van der Waals surface area contributed by atoms with E-state index in [1.807, 2.05) is 31.2 Å². The normalized spacial score (nSPS) is 14.0. The van der Waals surface area contributed by atoms with Gasteiger partial charge in [0.25, 0.3) is 0 Å². The largest absolute Gasteiger partial charge is 0.454 e. The van der Waals surface area contributed by atoms with Crippen LogP contribution in [0.5, 0.6) is 11.5 Å². The van der Waals surface area contributed by atoms with Gasteiger partial charge in [0.1, 0.15) is 0 Å². The zero-order valence-electron chi connectivity index (χ0n) is 13.4. The number of aryl methyl sites for hydroxylation is 1. The molecule has 1 N–H and O–H groups in total. The Labute approximate surface area is 148 Å². The number of halogens is 1. The molecule has 1 aliphatic rings.